The fourth-order valence-corrected chi connectivity index (χ4v) is 2.14. The average Bonchev–Trinajstić information content (AvgIpc) is 2.96. The second kappa shape index (κ2) is 6.84. The van der Waals surface area contributed by atoms with Crippen LogP contribution in [-0.4, -0.2) is 22.4 Å². The molecule has 0 saturated carbocycles. The Morgan fingerprint density at radius 3 is 3.11 bits per heavy atom. The summed E-state index contributed by atoms with van der Waals surface area (Å²) in [6, 6.07) is 1.72. The fraction of sp³-hybridized carbons (Fsp3) is 0.308. The normalized spacial score (nSPS) is 10.2. The third-order valence-electron chi connectivity index (χ3n) is 2.54. The molecule has 0 aliphatic carbocycles. The lowest BCUT2D eigenvalue weighted by Gasteiger charge is -2.10. The molecule has 0 aromatic carbocycles. The SMILES string of the molecule is CCCNc1cnccc1C(=O)NCc1cscn1. The number of thiazole rings is 1. The summed E-state index contributed by atoms with van der Waals surface area (Å²) < 4.78 is 0. The molecule has 19 heavy (non-hydrogen) atoms. The maximum Gasteiger partial charge on any atom is 0.253 e. The van der Waals surface area contributed by atoms with Gasteiger partial charge in [0.15, 0.2) is 0 Å². The molecule has 0 unspecified atom stereocenters. The van der Waals surface area contributed by atoms with Crippen LogP contribution in [0.3, 0.4) is 0 Å². The van der Waals surface area contributed by atoms with E-state index in [0.717, 1.165) is 24.3 Å². The molecule has 0 fully saturated rings. The molecule has 100 valence electrons. The fourth-order valence-electron chi connectivity index (χ4n) is 1.58. The number of rotatable bonds is 6. The van der Waals surface area contributed by atoms with E-state index in [-0.39, 0.29) is 5.91 Å². The maximum atomic E-state index is 12.1. The summed E-state index contributed by atoms with van der Waals surface area (Å²) >= 11 is 1.52. The Bertz CT molecular complexity index is 527. The summed E-state index contributed by atoms with van der Waals surface area (Å²) in [5.74, 6) is -0.117. The number of nitrogens with zero attached hydrogens (tertiary/aromatic N) is 2. The molecular weight excluding hydrogens is 260 g/mol. The van der Waals surface area contributed by atoms with Crippen LogP contribution in [-0.2, 0) is 6.54 Å². The van der Waals surface area contributed by atoms with Crippen molar-refractivity contribution in [1.82, 2.24) is 15.3 Å². The molecule has 2 heterocycles. The van der Waals surface area contributed by atoms with Gasteiger partial charge in [-0.15, -0.1) is 11.3 Å². The molecular formula is C13H16N4OS. The number of carbonyl (C=O) groups is 1. The van der Waals surface area contributed by atoms with Gasteiger partial charge in [0, 0.05) is 18.1 Å². The standard InChI is InChI=1S/C13H16N4OS/c1-2-4-15-12-7-14-5-3-11(12)13(18)16-6-10-8-19-9-17-10/h3,5,7-9,15H,2,4,6H2,1H3,(H,16,18). The van der Waals surface area contributed by atoms with Gasteiger partial charge in [0.05, 0.1) is 35.2 Å². The highest BCUT2D eigenvalue weighted by Crippen LogP contribution is 2.13. The van der Waals surface area contributed by atoms with E-state index in [1.807, 2.05) is 5.38 Å². The van der Waals surface area contributed by atoms with Gasteiger partial charge in [-0.1, -0.05) is 6.92 Å². The molecule has 0 radical (unpaired) electrons. The minimum Gasteiger partial charge on any atom is -0.383 e. The van der Waals surface area contributed by atoms with Crippen LogP contribution in [0.2, 0.25) is 0 Å². The average molecular weight is 276 g/mol. The van der Waals surface area contributed by atoms with Crippen molar-refractivity contribution in [3.05, 3.63) is 40.6 Å². The van der Waals surface area contributed by atoms with Gasteiger partial charge in [-0.3, -0.25) is 9.78 Å². The highest BCUT2D eigenvalue weighted by atomic mass is 32.1. The number of aromatic nitrogens is 2. The Morgan fingerprint density at radius 2 is 2.37 bits per heavy atom. The number of hydrogen-bond acceptors (Lipinski definition) is 5. The Kier molecular flexibility index (Phi) is 4.85. The van der Waals surface area contributed by atoms with Crippen LogP contribution in [0.4, 0.5) is 5.69 Å². The number of pyridine rings is 1. The van der Waals surface area contributed by atoms with E-state index in [1.165, 1.54) is 11.3 Å². The monoisotopic (exact) mass is 276 g/mol. The first-order valence-electron chi connectivity index (χ1n) is 6.14. The lowest BCUT2D eigenvalue weighted by Crippen LogP contribution is -2.24. The van der Waals surface area contributed by atoms with Crippen LogP contribution in [0.25, 0.3) is 0 Å². The molecule has 2 aromatic heterocycles. The zero-order chi connectivity index (χ0) is 13.5. The molecule has 0 saturated heterocycles. The highest BCUT2D eigenvalue weighted by molar-refractivity contribution is 7.07. The Labute approximate surface area is 116 Å². The minimum absolute atomic E-state index is 0.117. The van der Waals surface area contributed by atoms with Crippen LogP contribution in [0, 0.1) is 0 Å². The first kappa shape index (κ1) is 13.5. The minimum atomic E-state index is -0.117. The second-order valence-corrected chi connectivity index (χ2v) is 4.73. The van der Waals surface area contributed by atoms with Crippen molar-refractivity contribution >= 4 is 22.9 Å². The van der Waals surface area contributed by atoms with Crippen LogP contribution in [0.5, 0.6) is 0 Å². The van der Waals surface area contributed by atoms with Crippen molar-refractivity contribution in [2.24, 2.45) is 0 Å². The van der Waals surface area contributed by atoms with Gasteiger partial charge in [0.2, 0.25) is 0 Å². The van der Waals surface area contributed by atoms with Crippen molar-refractivity contribution in [1.29, 1.82) is 0 Å². The van der Waals surface area contributed by atoms with Crippen LogP contribution >= 0.6 is 11.3 Å². The molecule has 6 heteroatoms. The number of nitrogens with one attached hydrogen (secondary N) is 2. The summed E-state index contributed by atoms with van der Waals surface area (Å²) in [6.45, 7) is 3.33. The van der Waals surface area contributed by atoms with E-state index in [9.17, 15) is 4.79 Å². The number of anilines is 1. The summed E-state index contributed by atoms with van der Waals surface area (Å²) in [5, 5.41) is 7.98. The third-order valence-corrected chi connectivity index (χ3v) is 3.18. The first-order chi connectivity index (χ1) is 9.31. The highest BCUT2D eigenvalue weighted by Gasteiger charge is 2.10. The molecule has 2 aromatic rings. The summed E-state index contributed by atoms with van der Waals surface area (Å²) in [6.07, 6.45) is 4.29. The zero-order valence-electron chi connectivity index (χ0n) is 10.7. The molecule has 0 aliphatic heterocycles. The van der Waals surface area contributed by atoms with Crippen molar-refractivity contribution in [2.75, 3.05) is 11.9 Å². The quantitative estimate of drug-likeness (QED) is 0.849. The summed E-state index contributed by atoms with van der Waals surface area (Å²) in [4.78, 5) is 20.3. The summed E-state index contributed by atoms with van der Waals surface area (Å²) in [7, 11) is 0. The van der Waals surface area contributed by atoms with Crippen molar-refractivity contribution in [2.45, 2.75) is 19.9 Å². The van der Waals surface area contributed by atoms with Gasteiger partial charge >= 0.3 is 0 Å². The predicted octanol–water partition coefficient (Wildman–Crippen LogP) is 2.29. The van der Waals surface area contributed by atoms with Gasteiger partial charge in [-0.25, -0.2) is 4.98 Å². The van der Waals surface area contributed by atoms with E-state index >= 15 is 0 Å². The van der Waals surface area contributed by atoms with Crippen molar-refractivity contribution in [3.8, 4) is 0 Å². The smallest absolute Gasteiger partial charge is 0.253 e. The van der Waals surface area contributed by atoms with E-state index in [0.29, 0.717) is 12.1 Å². The molecule has 5 nitrogen and oxygen atoms in total. The molecule has 2 rings (SSSR count). The molecule has 0 aliphatic rings. The van der Waals surface area contributed by atoms with Crippen LogP contribution < -0.4 is 10.6 Å². The topological polar surface area (TPSA) is 66.9 Å². The van der Waals surface area contributed by atoms with Crippen molar-refractivity contribution < 1.29 is 4.79 Å². The van der Waals surface area contributed by atoms with Gasteiger partial charge in [-0.05, 0) is 12.5 Å². The lowest BCUT2D eigenvalue weighted by molar-refractivity contribution is 0.0951. The van der Waals surface area contributed by atoms with Gasteiger partial charge in [0.25, 0.3) is 5.91 Å². The van der Waals surface area contributed by atoms with Gasteiger partial charge < -0.3 is 10.6 Å². The molecule has 0 bridgehead atoms. The van der Waals surface area contributed by atoms with Crippen LogP contribution in [0.1, 0.15) is 29.4 Å². The van der Waals surface area contributed by atoms with Crippen LogP contribution in [0.15, 0.2) is 29.4 Å². The number of carbonyl (C=O) groups excluding carboxylic acids is 1. The molecule has 1 amide bonds. The zero-order valence-corrected chi connectivity index (χ0v) is 11.5. The maximum absolute atomic E-state index is 12.1. The van der Waals surface area contributed by atoms with Crippen molar-refractivity contribution in [3.63, 3.8) is 0 Å². The van der Waals surface area contributed by atoms with Gasteiger partial charge in [-0.2, -0.15) is 0 Å². The molecule has 0 spiro atoms. The number of amides is 1. The Balaban J connectivity index is 2.01. The number of hydrogen-bond donors (Lipinski definition) is 2. The molecule has 0 atom stereocenters. The Morgan fingerprint density at radius 1 is 1.47 bits per heavy atom. The lowest BCUT2D eigenvalue weighted by atomic mass is 10.2. The molecule has 2 N–H and O–H groups in total. The van der Waals surface area contributed by atoms with Gasteiger partial charge in [0.1, 0.15) is 0 Å². The largest absolute Gasteiger partial charge is 0.383 e. The Hall–Kier alpha value is -1.95. The van der Waals surface area contributed by atoms with E-state index < -0.39 is 0 Å². The summed E-state index contributed by atoms with van der Waals surface area (Å²) in [5.41, 5.74) is 4.00. The second-order valence-electron chi connectivity index (χ2n) is 4.01. The third kappa shape index (κ3) is 3.75. The van der Waals surface area contributed by atoms with E-state index in [1.54, 1.807) is 24.0 Å². The van der Waals surface area contributed by atoms with E-state index in [2.05, 4.69) is 27.5 Å². The predicted molar refractivity (Wildman–Crippen MR) is 76.3 cm³/mol. The first-order valence-corrected chi connectivity index (χ1v) is 7.08. The van der Waals surface area contributed by atoms with E-state index in [4.69, 9.17) is 0 Å².